The van der Waals surface area contributed by atoms with Gasteiger partial charge < -0.3 is 15.2 Å². The van der Waals surface area contributed by atoms with Crippen LogP contribution < -0.4 is 5.32 Å². The fourth-order valence-electron chi connectivity index (χ4n) is 1.77. The second-order valence-electron chi connectivity index (χ2n) is 5.78. The molecule has 0 saturated heterocycles. The summed E-state index contributed by atoms with van der Waals surface area (Å²) in [6.07, 6.45) is -1.22. The highest BCUT2D eigenvalue weighted by atomic mass is 19.1. The molecule has 2 N–H and O–H groups in total. The standard InChI is InChI=1S/C15H19F2NO4/c1-15(2,3)22-14(21)18-12(13(19)20)8-7-9-10(16)5-4-6-11(9)17/h4-6,12H,7-8H2,1-3H3,(H,18,21)(H,19,20). The average Bonchev–Trinajstić information content (AvgIpc) is 2.34. The Balaban J connectivity index is 2.70. The molecule has 0 aliphatic rings. The van der Waals surface area contributed by atoms with E-state index in [1.165, 1.54) is 6.07 Å². The smallest absolute Gasteiger partial charge is 0.408 e. The molecular formula is C15H19F2NO4. The number of hydrogen-bond donors (Lipinski definition) is 2. The molecule has 0 bridgehead atoms. The summed E-state index contributed by atoms with van der Waals surface area (Å²) in [5, 5.41) is 11.3. The topological polar surface area (TPSA) is 75.6 Å². The van der Waals surface area contributed by atoms with Crippen LogP contribution in [0.15, 0.2) is 18.2 Å². The van der Waals surface area contributed by atoms with Crippen molar-refractivity contribution in [1.82, 2.24) is 5.32 Å². The van der Waals surface area contributed by atoms with Crippen molar-refractivity contribution in [3.8, 4) is 0 Å². The number of carbonyl (C=O) groups is 2. The van der Waals surface area contributed by atoms with Crippen LogP contribution in [0.1, 0.15) is 32.8 Å². The normalized spacial score (nSPS) is 12.6. The number of halogens is 2. The van der Waals surface area contributed by atoms with E-state index in [4.69, 9.17) is 9.84 Å². The first-order valence-electron chi connectivity index (χ1n) is 6.75. The molecule has 0 aliphatic carbocycles. The number of amides is 1. The van der Waals surface area contributed by atoms with E-state index < -0.39 is 35.3 Å². The Hall–Kier alpha value is -2.18. The highest BCUT2D eigenvalue weighted by Crippen LogP contribution is 2.15. The van der Waals surface area contributed by atoms with Crippen LogP contribution in [0.2, 0.25) is 0 Å². The van der Waals surface area contributed by atoms with Crippen LogP contribution in [0.5, 0.6) is 0 Å². The van der Waals surface area contributed by atoms with E-state index in [9.17, 15) is 18.4 Å². The molecule has 1 aromatic rings. The van der Waals surface area contributed by atoms with Crippen molar-refractivity contribution in [3.05, 3.63) is 35.4 Å². The van der Waals surface area contributed by atoms with Gasteiger partial charge in [0.25, 0.3) is 0 Å². The number of carbonyl (C=O) groups excluding carboxylic acids is 1. The second-order valence-corrected chi connectivity index (χ2v) is 5.78. The van der Waals surface area contributed by atoms with Crippen molar-refractivity contribution < 1.29 is 28.2 Å². The molecule has 1 aromatic carbocycles. The third-order valence-electron chi connectivity index (χ3n) is 2.73. The van der Waals surface area contributed by atoms with E-state index in [0.29, 0.717) is 0 Å². The van der Waals surface area contributed by atoms with Crippen LogP contribution in [0.25, 0.3) is 0 Å². The monoisotopic (exact) mass is 315 g/mol. The molecule has 0 heterocycles. The van der Waals surface area contributed by atoms with E-state index >= 15 is 0 Å². The van der Waals surface area contributed by atoms with E-state index in [0.717, 1.165) is 12.1 Å². The molecule has 0 aromatic heterocycles. The maximum Gasteiger partial charge on any atom is 0.408 e. The minimum atomic E-state index is -1.30. The lowest BCUT2D eigenvalue weighted by Gasteiger charge is -2.22. The van der Waals surface area contributed by atoms with Gasteiger partial charge in [-0.05, 0) is 45.7 Å². The number of nitrogens with one attached hydrogen (secondary N) is 1. The Labute approximate surface area is 127 Å². The van der Waals surface area contributed by atoms with Gasteiger partial charge in [0.05, 0.1) is 0 Å². The van der Waals surface area contributed by atoms with Crippen molar-refractivity contribution in [2.24, 2.45) is 0 Å². The summed E-state index contributed by atoms with van der Waals surface area (Å²) in [7, 11) is 0. The zero-order chi connectivity index (χ0) is 16.9. The molecule has 1 rings (SSSR count). The SMILES string of the molecule is CC(C)(C)OC(=O)NC(CCc1c(F)cccc1F)C(=O)O. The van der Waals surface area contributed by atoms with Crippen molar-refractivity contribution in [2.75, 3.05) is 0 Å². The molecule has 22 heavy (non-hydrogen) atoms. The summed E-state index contributed by atoms with van der Waals surface area (Å²) < 4.78 is 31.9. The van der Waals surface area contributed by atoms with Gasteiger partial charge >= 0.3 is 12.1 Å². The fraction of sp³-hybridized carbons (Fsp3) is 0.467. The van der Waals surface area contributed by atoms with Gasteiger partial charge in [-0.3, -0.25) is 0 Å². The third kappa shape index (κ3) is 5.67. The minimum Gasteiger partial charge on any atom is -0.480 e. The van der Waals surface area contributed by atoms with Gasteiger partial charge in [0.2, 0.25) is 0 Å². The summed E-state index contributed by atoms with van der Waals surface area (Å²) in [4.78, 5) is 22.7. The van der Waals surface area contributed by atoms with Crippen molar-refractivity contribution in [3.63, 3.8) is 0 Å². The van der Waals surface area contributed by atoms with Crippen molar-refractivity contribution in [2.45, 2.75) is 45.3 Å². The van der Waals surface area contributed by atoms with E-state index in [1.807, 2.05) is 0 Å². The highest BCUT2D eigenvalue weighted by Gasteiger charge is 2.24. The van der Waals surface area contributed by atoms with E-state index in [2.05, 4.69) is 5.32 Å². The molecule has 0 fully saturated rings. The average molecular weight is 315 g/mol. The number of aliphatic carboxylic acids is 1. The zero-order valence-corrected chi connectivity index (χ0v) is 12.7. The van der Waals surface area contributed by atoms with Crippen LogP contribution in [-0.2, 0) is 16.0 Å². The second kappa shape index (κ2) is 7.20. The Morgan fingerprint density at radius 2 is 1.82 bits per heavy atom. The van der Waals surface area contributed by atoms with Crippen LogP contribution in [0, 0.1) is 11.6 Å². The molecule has 5 nitrogen and oxygen atoms in total. The first kappa shape index (κ1) is 17.9. The molecule has 1 amide bonds. The number of carboxylic acids is 1. The summed E-state index contributed by atoms with van der Waals surface area (Å²) in [5.74, 6) is -2.80. The third-order valence-corrected chi connectivity index (χ3v) is 2.73. The minimum absolute atomic E-state index is 0.160. The lowest BCUT2D eigenvalue weighted by molar-refractivity contribution is -0.139. The Morgan fingerprint density at radius 3 is 2.27 bits per heavy atom. The van der Waals surface area contributed by atoms with Crippen LogP contribution in [-0.4, -0.2) is 28.8 Å². The summed E-state index contributed by atoms with van der Waals surface area (Å²) >= 11 is 0. The van der Waals surface area contributed by atoms with Gasteiger partial charge in [-0.15, -0.1) is 0 Å². The predicted molar refractivity (Wildman–Crippen MR) is 75.5 cm³/mol. The van der Waals surface area contributed by atoms with Crippen LogP contribution in [0.4, 0.5) is 13.6 Å². The Kier molecular flexibility index (Phi) is 5.84. The maximum atomic E-state index is 13.5. The van der Waals surface area contributed by atoms with Gasteiger partial charge in [0.1, 0.15) is 23.3 Å². The number of alkyl carbamates (subject to hydrolysis) is 1. The number of rotatable bonds is 5. The van der Waals surface area contributed by atoms with Crippen molar-refractivity contribution in [1.29, 1.82) is 0 Å². The van der Waals surface area contributed by atoms with Gasteiger partial charge in [0, 0.05) is 5.56 Å². The largest absolute Gasteiger partial charge is 0.480 e. The molecule has 122 valence electrons. The molecule has 7 heteroatoms. The summed E-state index contributed by atoms with van der Waals surface area (Å²) in [5.41, 5.74) is -0.982. The maximum absolute atomic E-state index is 13.5. The highest BCUT2D eigenvalue weighted by molar-refractivity contribution is 5.80. The lowest BCUT2D eigenvalue weighted by Crippen LogP contribution is -2.43. The molecule has 1 unspecified atom stereocenters. The Morgan fingerprint density at radius 1 is 1.27 bits per heavy atom. The van der Waals surface area contributed by atoms with Gasteiger partial charge in [-0.2, -0.15) is 0 Å². The number of benzene rings is 1. The zero-order valence-electron chi connectivity index (χ0n) is 12.7. The van der Waals surface area contributed by atoms with E-state index in [-0.39, 0.29) is 18.4 Å². The van der Waals surface area contributed by atoms with Gasteiger partial charge in [-0.25, -0.2) is 18.4 Å². The van der Waals surface area contributed by atoms with Crippen LogP contribution in [0.3, 0.4) is 0 Å². The predicted octanol–water partition coefficient (Wildman–Crippen LogP) is 2.88. The quantitative estimate of drug-likeness (QED) is 0.876. The first-order chi connectivity index (χ1) is 10.1. The molecule has 0 saturated carbocycles. The summed E-state index contributed by atoms with van der Waals surface area (Å²) in [6, 6.07) is 2.11. The number of hydrogen-bond acceptors (Lipinski definition) is 3. The van der Waals surface area contributed by atoms with E-state index in [1.54, 1.807) is 20.8 Å². The summed E-state index contributed by atoms with van der Waals surface area (Å²) in [6.45, 7) is 4.91. The van der Waals surface area contributed by atoms with Gasteiger partial charge in [-0.1, -0.05) is 6.07 Å². The molecular weight excluding hydrogens is 296 g/mol. The molecule has 1 atom stereocenters. The Bertz CT molecular complexity index is 535. The first-order valence-corrected chi connectivity index (χ1v) is 6.75. The van der Waals surface area contributed by atoms with Gasteiger partial charge in [0.15, 0.2) is 0 Å². The van der Waals surface area contributed by atoms with Crippen molar-refractivity contribution >= 4 is 12.1 Å². The lowest BCUT2D eigenvalue weighted by atomic mass is 10.0. The molecule has 0 radical (unpaired) electrons. The number of ether oxygens (including phenoxy) is 1. The van der Waals surface area contributed by atoms with Crippen LogP contribution >= 0.6 is 0 Å². The molecule has 0 spiro atoms. The fourth-order valence-corrected chi connectivity index (χ4v) is 1.77. The number of carboxylic acid groups (broad SMARTS) is 1. The molecule has 0 aliphatic heterocycles.